The molecule has 1 atom stereocenters. The van der Waals surface area contributed by atoms with Crippen molar-refractivity contribution in [3.8, 4) is 5.88 Å². The molecule has 1 aliphatic carbocycles. The fourth-order valence-corrected chi connectivity index (χ4v) is 2.87. The van der Waals surface area contributed by atoms with Gasteiger partial charge in [0.2, 0.25) is 5.88 Å². The lowest BCUT2D eigenvalue weighted by atomic mass is 9.83. The normalized spacial score (nSPS) is 17.1. The molecule has 0 spiro atoms. The van der Waals surface area contributed by atoms with E-state index in [0.29, 0.717) is 11.4 Å². The molecule has 0 saturated heterocycles. The molecule has 3 rings (SSSR count). The minimum Gasteiger partial charge on any atom is -0.479 e. The second-order valence-electron chi connectivity index (χ2n) is 5.38. The number of alkyl halides is 1. The third kappa shape index (κ3) is 2.35. The van der Waals surface area contributed by atoms with E-state index in [9.17, 15) is 0 Å². The summed E-state index contributed by atoms with van der Waals surface area (Å²) in [5, 5.41) is -0.157. The molecule has 0 amide bonds. The lowest BCUT2D eigenvalue weighted by Crippen LogP contribution is -2.15. The number of aryl methyl sites for hydroxylation is 1. The maximum absolute atomic E-state index is 6.27. The number of hydrogen-bond acceptors (Lipinski definition) is 4. The molecule has 5 nitrogen and oxygen atoms in total. The highest BCUT2D eigenvalue weighted by Crippen LogP contribution is 2.32. The number of fused-ring (bicyclic) bond motifs is 1. The Kier molecular flexibility index (Phi) is 3.78. The van der Waals surface area contributed by atoms with Crippen molar-refractivity contribution in [2.75, 3.05) is 7.11 Å². The summed E-state index contributed by atoms with van der Waals surface area (Å²) in [5.41, 5.74) is 1.52. The number of rotatable bonds is 5. The number of aromatic nitrogens is 4. The van der Waals surface area contributed by atoms with Gasteiger partial charge >= 0.3 is 0 Å². The summed E-state index contributed by atoms with van der Waals surface area (Å²) in [4.78, 5) is 13.1. The maximum atomic E-state index is 6.27. The van der Waals surface area contributed by atoms with Gasteiger partial charge in [0.15, 0.2) is 11.2 Å². The third-order valence-electron chi connectivity index (χ3n) is 4.06. The predicted octanol–water partition coefficient (Wildman–Crippen LogP) is 3.32. The highest BCUT2D eigenvalue weighted by molar-refractivity contribution is 6.20. The molecular weight excluding hydrogens is 276 g/mol. The van der Waals surface area contributed by atoms with Crippen molar-refractivity contribution in [3.05, 3.63) is 12.2 Å². The first-order chi connectivity index (χ1) is 9.70. The summed E-state index contributed by atoms with van der Waals surface area (Å²) < 4.78 is 7.38. The molecule has 0 aromatic carbocycles. The summed E-state index contributed by atoms with van der Waals surface area (Å²) in [6, 6.07) is 0. The van der Waals surface area contributed by atoms with Crippen molar-refractivity contribution in [1.82, 2.24) is 19.5 Å². The van der Waals surface area contributed by atoms with E-state index in [1.54, 1.807) is 7.11 Å². The molecule has 2 aromatic heterocycles. The Morgan fingerprint density at radius 2 is 2.25 bits per heavy atom. The maximum Gasteiger partial charge on any atom is 0.245 e. The summed E-state index contributed by atoms with van der Waals surface area (Å²) in [6.07, 6.45) is 6.73. The molecule has 20 heavy (non-hydrogen) atoms. The van der Waals surface area contributed by atoms with Gasteiger partial charge in [-0.05, 0) is 19.3 Å². The summed E-state index contributed by atoms with van der Waals surface area (Å²) in [6.45, 7) is 2.84. The van der Waals surface area contributed by atoms with E-state index < -0.39 is 0 Å². The van der Waals surface area contributed by atoms with E-state index in [4.69, 9.17) is 16.3 Å². The molecule has 0 bridgehead atoms. The summed E-state index contributed by atoms with van der Waals surface area (Å²) in [5.74, 6) is 2.20. The average molecular weight is 295 g/mol. The zero-order valence-corrected chi connectivity index (χ0v) is 12.6. The average Bonchev–Trinajstić information content (AvgIpc) is 2.76. The molecule has 2 aromatic rings. The first-order valence-electron chi connectivity index (χ1n) is 7.10. The van der Waals surface area contributed by atoms with Crippen LogP contribution in [0.5, 0.6) is 5.88 Å². The minimum absolute atomic E-state index is 0.157. The largest absolute Gasteiger partial charge is 0.479 e. The van der Waals surface area contributed by atoms with Crippen molar-refractivity contribution >= 4 is 22.8 Å². The van der Waals surface area contributed by atoms with Gasteiger partial charge in [-0.3, -0.25) is 0 Å². The Bertz CT molecular complexity index is 606. The number of ether oxygens (including phenoxy) is 1. The monoisotopic (exact) mass is 294 g/mol. The predicted molar refractivity (Wildman–Crippen MR) is 78.1 cm³/mol. The summed E-state index contributed by atoms with van der Waals surface area (Å²) in [7, 11) is 1.60. The van der Waals surface area contributed by atoms with Gasteiger partial charge < -0.3 is 9.30 Å². The van der Waals surface area contributed by atoms with E-state index in [1.165, 1.54) is 25.6 Å². The SMILES string of the molecule is COc1ncnc2c1nc(C(C)Cl)n2CCC1CCC1. The molecule has 1 saturated carbocycles. The van der Waals surface area contributed by atoms with Gasteiger partial charge in [0, 0.05) is 6.54 Å². The molecule has 0 radical (unpaired) electrons. The second kappa shape index (κ2) is 5.56. The quantitative estimate of drug-likeness (QED) is 0.794. The van der Waals surface area contributed by atoms with Crippen LogP contribution in [0.15, 0.2) is 6.33 Å². The fourth-order valence-electron chi connectivity index (χ4n) is 2.70. The Hall–Kier alpha value is -1.36. The third-order valence-corrected chi connectivity index (χ3v) is 4.26. The molecule has 2 heterocycles. The van der Waals surface area contributed by atoms with Crippen LogP contribution < -0.4 is 4.74 Å². The number of imidazole rings is 1. The first kappa shape index (κ1) is 13.6. The van der Waals surface area contributed by atoms with E-state index in [2.05, 4.69) is 19.5 Å². The Morgan fingerprint density at radius 1 is 1.45 bits per heavy atom. The fraction of sp³-hybridized carbons (Fsp3) is 0.643. The molecule has 0 N–H and O–H groups in total. The Morgan fingerprint density at radius 3 is 2.85 bits per heavy atom. The highest BCUT2D eigenvalue weighted by atomic mass is 35.5. The Balaban J connectivity index is 1.99. The molecule has 1 aliphatic rings. The van der Waals surface area contributed by atoms with Gasteiger partial charge in [-0.2, -0.15) is 4.98 Å². The molecule has 1 fully saturated rings. The van der Waals surface area contributed by atoms with Crippen molar-refractivity contribution < 1.29 is 4.74 Å². The van der Waals surface area contributed by atoms with Gasteiger partial charge in [-0.1, -0.05) is 19.3 Å². The van der Waals surface area contributed by atoms with Crippen LogP contribution in [0.3, 0.4) is 0 Å². The van der Waals surface area contributed by atoms with Crippen molar-refractivity contribution in [3.63, 3.8) is 0 Å². The van der Waals surface area contributed by atoms with E-state index in [0.717, 1.165) is 30.4 Å². The van der Waals surface area contributed by atoms with Crippen LogP contribution in [0, 0.1) is 5.92 Å². The van der Waals surface area contributed by atoms with Crippen molar-refractivity contribution in [1.29, 1.82) is 0 Å². The van der Waals surface area contributed by atoms with Crippen LogP contribution >= 0.6 is 11.6 Å². The van der Waals surface area contributed by atoms with Crippen LogP contribution in [0.25, 0.3) is 11.2 Å². The van der Waals surface area contributed by atoms with Crippen LogP contribution in [0.4, 0.5) is 0 Å². The highest BCUT2D eigenvalue weighted by Gasteiger charge is 2.22. The van der Waals surface area contributed by atoms with E-state index in [-0.39, 0.29) is 5.38 Å². The van der Waals surface area contributed by atoms with Crippen LogP contribution in [-0.2, 0) is 6.54 Å². The van der Waals surface area contributed by atoms with Crippen molar-refractivity contribution in [2.24, 2.45) is 5.92 Å². The van der Waals surface area contributed by atoms with Crippen LogP contribution in [-0.4, -0.2) is 26.6 Å². The minimum atomic E-state index is -0.157. The number of nitrogens with zero attached hydrogens (tertiary/aromatic N) is 4. The first-order valence-corrected chi connectivity index (χ1v) is 7.53. The second-order valence-corrected chi connectivity index (χ2v) is 6.03. The smallest absolute Gasteiger partial charge is 0.245 e. The van der Waals surface area contributed by atoms with Crippen LogP contribution in [0.2, 0.25) is 0 Å². The lowest BCUT2D eigenvalue weighted by Gasteiger charge is -2.25. The molecule has 1 unspecified atom stereocenters. The molecule has 108 valence electrons. The number of methoxy groups -OCH3 is 1. The number of hydrogen-bond donors (Lipinski definition) is 0. The topological polar surface area (TPSA) is 52.8 Å². The lowest BCUT2D eigenvalue weighted by molar-refractivity contribution is 0.282. The molecule has 6 heteroatoms. The van der Waals surface area contributed by atoms with Gasteiger partial charge in [0.1, 0.15) is 12.2 Å². The van der Waals surface area contributed by atoms with Gasteiger partial charge in [-0.15, -0.1) is 11.6 Å². The zero-order chi connectivity index (χ0) is 14.1. The van der Waals surface area contributed by atoms with E-state index in [1.807, 2.05) is 6.92 Å². The summed E-state index contributed by atoms with van der Waals surface area (Å²) >= 11 is 6.27. The zero-order valence-electron chi connectivity index (χ0n) is 11.8. The van der Waals surface area contributed by atoms with E-state index >= 15 is 0 Å². The van der Waals surface area contributed by atoms with Gasteiger partial charge in [0.05, 0.1) is 12.5 Å². The van der Waals surface area contributed by atoms with Crippen LogP contribution in [0.1, 0.15) is 43.8 Å². The van der Waals surface area contributed by atoms with Gasteiger partial charge in [0.25, 0.3) is 0 Å². The number of halogens is 1. The van der Waals surface area contributed by atoms with Crippen molar-refractivity contribution in [2.45, 2.75) is 44.5 Å². The molecule has 0 aliphatic heterocycles. The standard InChI is InChI=1S/C14H19ClN4O/c1-9(15)12-18-11-13(16-8-17-14(11)20-2)19(12)7-6-10-4-3-5-10/h8-10H,3-7H2,1-2H3. The molecular formula is C14H19ClN4O. The Labute approximate surface area is 123 Å². The van der Waals surface area contributed by atoms with Gasteiger partial charge in [-0.25, -0.2) is 9.97 Å².